The van der Waals surface area contributed by atoms with Crippen molar-refractivity contribution >= 4 is 35.5 Å². The van der Waals surface area contributed by atoms with E-state index in [0.29, 0.717) is 5.08 Å². The lowest BCUT2D eigenvalue weighted by molar-refractivity contribution is -0.137. The second-order valence-electron chi connectivity index (χ2n) is 2.41. The first-order valence-corrected chi connectivity index (χ1v) is 5.73. The average Bonchev–Trinajstić information content (AvgIpc) is 2.03. The standard InChI is InChI=1S/C7H12O4S2/c1-4(6(8)9)12-3-13-5(2)7(10)11/h4-5H,3H2,1-2H3,(H,8,9)(H,10,11)/t4-,5-/m0/s1. The number of aliphatic carboxylic acids is 2. The fourth-order valence-corrected chi connectivity index (χ4v) is 2.62. The van der Waals surface area contributed by atoms with Crippen molar-refractivity contribution in [3.8, 4) is 0 Å². The third-order valence-corrected chi connectivity index (χ3v) is 3.82. The molecule has 0 bridgehead atoms. The van der Waals surface area contributed by atoms with Crippen molar-refractivity contribution < 1.29 is 19.8 Å². The summed E-state index contributed by atoms with van der Waals surface area (Å²) in [6.07, 6.45) is 0. The summed E-state index contributed by atoms with van der Waals surface area (Å²) in [6, 6.07) is 0. The summed E-state index contributed by atoms with van der Waals surface area (Å²) in [6.45, 7) is 3.16. The molecule has 0 aromatic carbocycles. The maximum atomic E-state index is 10.4. The van der Waals surface area contributed by atoms with Gasteiger partial charge in [-0.1, -0.05) is 0 Å². The fourth-order valence-electron chi connectivity index (χ4n) is 0.386. The second-order valence-corrected chi connectivity index (χ2v) is 5.44. The van der Waals surface area contributed by atoms with Crippen LogP contribution in [0.3, 0.4) is 0 Å². The molecule has 0 aromatic heterocycles. The first kappa shape index (κ1) is 12.6. The van der Waals surface area contributed by atoms with Crippen molar-refractivity contribution in [2.75, 3.05) is 5.08 Å². The Hall–Kier alpha value is -0.360. The van der Waals surface area contributed by atoms with Crippen molar-refractivity contribution in [1.29, 1.82) is 0 Å². The molecule has 13 heavy (non-hydrogen) atoms. The number of carboxylic acid groups (broad SMARTS) is 2. The molecule has 0 aromatic rings. The first-order chi connectivity index (χ1) is 5.95. The van der Waals surface area contributed by atoms with E-state index in [1.54, 1.807) is 13.8 Å². The molecule has 0 amide bonds. The van der Waals surface area contributed by atoms with Gasteiger partial charge in [-0.2, -0.15) is 0 Å². The topological polar surface area (TPSA) is 74.6 Å². The molecule has 0 fully saturated rings. The molecule has 0 heterocycles. The zero-order chi connectivity index (χ0) is 10.4. The van der Waals surface area contributed by atoms with Crippen LogP contribution in [0.4, 0.5) is 0 Å². The Morgan fingerprint density at radius 2 is 1.38 bits per heavy atom. The van der Waals surface area contributed by atoms with E-state index in [-0.39, 0.29) is 0 Å². The van der Waals surface area contributed by atoms with Crippen LogP contribution < -0.4 is 0 Å². The molecule has 76 valence electrons. The summed E-state index contributed by atoms with van der Waals surface area (Å²) in [7, 11) is 0. The van der Waals surface area contributed by atoms with Gasteiger partial charge in [-0.05, 0) is 13.8 Å². The molecular formula is C7H12O4S2. The predicted molar refractivity (Wildman–Crippen MR) is 54.2 cm³/mol. The third kappa shape index (κ3) is 5.81. The van der Waals surface area contributed by atoms with E-state index in [0.717, 1.165) is 0 Å². The Morgan fingerprint density at radius 3 is 1.62 bits per heavy atom. The minimum atomic E-state index is -0.867. The molecule has 0 rings (SSSR count). The van der Waals surface area contributed by atoms with Crippen LogP contribution in [0.2, 0.25) is 0 Å². The maximum absolute atomic E-state index is 10.4. The summed E-state index contributed by atoms with van der Waals surface area (Å²) in [4.78, 5) is 20.7. The molecule has 4 nitrogen and oxygen atoms in total. The zero-order valence-corrected chi connectivity index (χ0v) is 9.02. The summed E-state index contributed by atoms with van der Waals surface area (Å²) in [5.41, 5.74) is 0. The molecule has 2 N–H and O–H groups in total. The van der Waals surface area contributed by atoms with Crippen molar-refractivity contribution in [3.63, 3.8) is 0 Å². The maximum Gasteiger partial charge on any atom is 0.316 e. The largest absolute Gasteiger partial charge is 0.480 e. The predicted octanol–water partition coefficient (Wildman–Crippen LogP) is 1.36. The number of thioether (sulfide) groups is 2. The molecule has 0 spiro atoms. The van der Waals surface area contributed by atoms with Gasteiger partial charge >= 0.3 is 11.9 Å². The molecule has 0 saturated carbocycles. The molecule has 0 aliphatic rings. The van der Waals surface area contributed by atoms with Crippen LogP contribution in [0.1, 0.15) is 13.8 Å². The van der Waals surface area contributed by atoms with Gasteiger partial charge in [0.1, 0.15) is 10.5 Å². The molecule has 0 unspecified atom stereocenters. The Kier molecular flexibility index (Phi) is 5.98. The van der Waals surface area contributed by atoms with Crippen LogP contribution >= 0.6 is 23.5 Å². The van der Waals surface area contributed by atoms with E-state index < -0.39 is 22.4 Å². The van der Waals surface area contributed by atoms with E-state index in [2.05, 4.69) is 0 Å². The summed E-state index contributed by atoms with van der Waals surface area (Å²) in [5.74, 6) is -1.73. The second kappa shape index (κ2) is 6.15. The number of rotatable bonds is 6. The zero-order valence-electron chi connectivity index (χ0n) is 7.39. The monoisotopic (exact) mass is 224 g/mol. The van der Waals surface area contributed by atoms with Crippen LogP contribution in [-0.2, 0) is 9.59 Å². The summed E-state index contributed by atoms with van der Waals surface area (Å²) >= 11 is 2.46. The summed E-state index contributed by atoms with van der Waals surface area (Å²) in [5, 5.41) is 16.6. The molecule has 0 saturated heterocycles. The van der Waals surface area contributed by atoms with E-state index in [1.807, 2.05) is 0 Å². The normalized spacial score (nSPS) is 14.9. The number of carbonyl (C=O) groups is 2. The first-order valence-electron chi connectivity index (χ1n) is 3.64. The lowest BCUT2D eigenvalue weighted by Crippen LogP contribution is -2.14. The van der Waals surface area contributed by atoms with Crippen molar-refractivity contribution in [2.24, 2.45) is 0 Å². The van der Waals surface area contributed by atoms with Gasteiger partial charge in [0.05, 0.1) is 0 Å². The highest BCUT2D eigenvalue weighted by molar-refractivity contribution is 8.17. The lowest BCUT2D eigenvalue weighted by Gasteiger charge is -2.07. The third-order valence-electron chi connectivity index (χ3n) is 1.33. The van der Waals surface area contributed by atoms with Gasteiger partial charge in [-0.15, -0.1) is 23.5 Å². The Bertz CT molecular complexity index is 175. The molecule has 2 atom stereocenters. The molecular weight excluding hydrogens is 212 g/mol. The number of hydrogen-bond acceptors (Lipinski definition) is 4. The van der Waals surface area contributed by atoms with Crippen molar-refractivity contribution in [2.45, 2.75) is 24.3 Å². The van der Waals surface area contributed by atoms with Gasteiger partial charge < -0.3 is 10.2 Å². The van der Waals surface area contributed by atoms with E-state index in [4.69, 9.17) is 10.2 Å². The SMILES string of the molecule is C[C@H](SCS[C@@H](C)C(=O)O)C(=O)O. The van der Waals surface area contributed by atoms with Crippen LogP contribution in [0.25, 0.3) is 0 Å². The van der Waals surface area contributed by atoms with Crippen LogP contribution in [0.5, 0.6) is 0 Å². The van der Waals surface area contributed by atoms with Gasteiger partial charge in [-0.25, -0.2) is 0 Å². The van der Waals surface area contributed by atoms with Gasteiger partial charge in [0.25, 0.3) is 0 Å². The number of carboxylic acids is 2. The van der Waals surface area contributed by atoms with Gasteiger partial charge in [-0.3, -0.25) is 9.59 Å². The highest BCUT2D eigenvalue weighted by atomic mass is 32.2. The highest BCUT2D eigenvalue weighted by Crippen LogP contribution is 2.21. The van der Waals surface area contributed by atoms with Gasteiger partial charge in [0.2, 0.25) is 0 Å². The van der Waals surface area contributed by atoms with Crippen LogP contribution in [0.15, 0.2) is 0 Å². The molecule has 0 aliphatic heterocycles. The summed E-state index contributed by atoms with van der Waals surface area (Å²) < 4.78 is 0. The van der Waals surface area contributed by atoms with Crippen molar-refractivity contribution in [3.05, 3.63) is 0 Å². The van der Waals surface area contributed by atoms with E-state index in [9.17, 15) is 9.59 Å². The molecule has 0 aliphatic carbocycles. The van der Waals surface area contributed by atoms with E-state index >= 15 is 0 Å². The highest BCUT2D eigenvalue weighted by Gasteiger charge is 2.14. The van der Waals surface area contributed by atoms with Crippen LogP contribution in [-0.4, -0.2) is 37.7 Å². The minimum Gasteiger partial charge on any atom is -0.480 e. The minimum absolute atomic E-state index is 0.478. The number of hydrogen-bond donors (Lipinski definition) is 2. The lowest BCUT2D eigenvalue weighted by atomic mass is 10.5. The quantitative estimate of drug-likeness (QED) is 0.663. The Morgan fingerprint density at radius 1 is 1.08 bits per heavy atom. The Balaban J connectivity index is 3.56. The van der Waals surface area contributed by atoms with Crippen molar-refractivity contribution in [1.82, 2.24) is 0 Å². The smallest absolute Gasteiger partial charge is 0.316 e. The molecule has 6 heteroatoms. The van der Waals surface area contributed by atoms with E-state index in [1.165, 1.54) is 23.5 Å². The van der Waals surface area contributed by atoms with Crippen LogP contribution in [0, 0.1) is 0 Å². The van der Waals surface area contributed by atoms with Gasteiger partial charge in [0, 0.05) is 5.08 Å². The fraction of sp³-hybridized carbons (Fsp3) is 0.714. The molecule has 0 radical (unpaired) electrons. The Labute approximate surface area is 85.1 Å². The van der Waals surface area contributed by atoms with Gasteiger partial charge in [0.15, 0.2) is 0 Å². The average molecular weight is 224 g/mol.